The molecule has 0 radical (unpaired) electrons. The number of amides is 3. The SMILES string of the molecule is CNC(=O)C(Cc1c[nH]c2ccccc12)NC(=O)C(CC(=O)NS(=O)(=O)CC(=O)S)CC(C)C. The van der Waals surface area contributed by atoms with E-state index in [0.717, 1.165) is 16.5 Å². The number of carbonyl (C=O) groups excluding carboxylic acids is 4. The highest BCUT2D eigenvalue weighted by molar-refractivity contribution is 8.00. The monoisotopic (exact) mass is 510 g/mol. The summed E-state index contributed by atoms with van der Waals surface area (Å²) < 4.78 is 25.5. The van der Waals surface area contributed by atoms with Gasteiger partial charge in [0.15, 0.2) is 0 Å². The third-order valence-electron chi connectivity index (χ3n) is 5.12. The molecule has 0 saturated heterocycles. The van der Waals surface area contributed by atoms with Gasteiger partial charge in [0.25, 0.3) is 0 Å². The van der Waals surface area contributed by atoms with Crippen molar-refractivity contribution in [1.82, 2.24) is 20.3 Å². The standard InChI is InChI=1S/C22H30N4O6S2/c1-13(2)8-14(10-19(27)26-34(31,32)12-20(28)33)21(29)25-18(22(30)23-3)9-15-11-24-17-7-5-4-6-16(15)17/h4-7,11,13-14,18,24H,8-10,12H2,1-3H3,(H,23,30)(H,25,29)(H,26,27)(H,28,33). The Morgan fingerprint density at radius 2 is 1.76 bits per heavy atom. The maximum atomic E-state index is 13.1. The fourth-order valence-corrected chi connectivity index (χ4v) is 5.02. The van der Waals surface area contributed by atoms with Crippen LogP contribution in [0.5, 0.6) is 0 Å². The van der Waals surface area contributed by atoms with Crippen molar-refractivity contribution in [2.24, 2.45) is 11.8 Å². The van der Waals surface area contributed by atoms with Crippen LogP contribution in [0, 0.1) is 11.8 Å². The molecule has 0 saturated carbocycles. The van der Waals surface area contributed by atoms with Gasteiger partial charge in [-0.2, -0.15) is 0 Å². The number of hydrogen-bond donors (Lipinski definition) is 5. The Morgan fingerprint density at radius 3 is 2.38 bits per heavy atom. The molecule has 0 spiro atoms. The van der Waals surface area contributed by atoms with E-state index in [-0.39, 0.29) is 12.3 Å². The van der Waals surface area contributed by atoms with Crippen molar-refractivity contribution < 1.29 is 27.6 Å². The number of aromatic nitrogens is 1. The molecule has 2 atom stereocenters. The lowest BCUT2D eigenvalue weighted by molar-refractivity contribution is -0.133. The predicted molar refractivity (Wildman–Crippen MR) is 131 cm³/mol. The largest absolute Gasteiger partial charge is 0.361 e. The van der Waals surface area contributed by atoms with Crippen molar-refractivity contribution in [1.29, 1.82) is 0 Å². The number of thiol groups is 1. The van der Waals surface area contributed by atoms with Gasteiger partial charge in [-0.05, 0) is 24.0 Å². The number of aromatic amines is 1. The zero-order valence-corrected chi connectivity index (χ0v) is 21.0. The molecule has 2 rings (SSSR count). The van der Waals surface area contributed by atoms with Crippen molar-refractivity contribution >= 4 is 56.4 Å². The summed E-state index contributed by atoms with van der Waals surface area (Å²) in [5.41, 5.74) is 1.74. The molecule has 3 amide bonds. The first-order valence-electron chi connectivity index (χ1n) is 10.7. The minimum atomic E-state index is -4.20. The number of carbonyl (C=O) groups is 4. The second kappa shape index (κ2) is 12.0. The lowest BCUT2D eigenvalue weighted by atomic mass is 9.92. The summed E-state index contributed by atoms with van der Waals surface area (Å²) in [6.45, 7) is 3.72. The van der Waals surface area contributed by atoms with Crippen LogP contribution in [-0.2, 0) is 35.6 Å². The van der Waals surface area contributed by atoms with E-state index >= 15 is 0 Å². The second-order valence-electron chi connectivity index (χ2n) is 8.45. The molecule has 1 heterocycles. The molecule has 0 aliphatic rings. The minimum absolute atomic E-state index is 0.0197. The van der Waals surface area contributed by atoms with Gasteiger partial charge >= 0.3 is 0 Å². The molecular formula is C22H30N4O6S2. The summed E-state index contributed by atoms with van der Waals surface area (Å²) in [7, 11) is -2.74. The van der Waals surface area contributed by atoms with Crippen LogP contribution in [0.2, 0.25) is 0 Å². The third-order valence-corrected chi connectivity index (χ3v) is 6.67. The molecule has 1 aromatic heterocycles. The van der Waals surface area contributed by atoms with Gasteiger partial charge in [0.2, 0.25) is 32.9 Å². The molecule has 186 valence electrons. The molecule has 0 aliphatic carbocycles. The lowest BCUT2D eigenvalue weighted by Gasteiger charge is -2.23. The fourth-order valence-electron chi connectivity index (χ4n) is 3.68. The molecule has 0 aliphatic heterocycles. The van der Waals surface area contributed by atoms with E-state index in [9.17, 15) is 27.6 Å². The summed E-state index contributed by atoms with van der Waals surface area (Å²) in [6.07, 6.45) is 1.86. The van der Waals surface area contributed by atoms with Crippen molar-refractivity contribution in [2.45, 2.75) is 39.2 Å². The Kier molecular flexibility index (Phi) is 9.68. The van der Waals surface area contributed by atoms with Gasteiger partial charge in [0.05, 0.1) is 0 Å². The summed E-state index contributed by atoms with van der Waals surface area (Å²) in [4.78, 5) is 52.0. The van der Waals surface area contributed by atoms with Crippen molar-refractivity contribution in [3.05, 3.63) is 36.0 Å². The van der Waals surface area contributed by atoms with E-state index in [2.05, 4.69) is 28.2 Å². The minimum Gasteiger partial charge on any atom is -0.361 e. The normalized spacial score (nSPS) is 13.3. The van der Waals surface area contributed by atoms with Crippen LogP contribution >= 0.6 is 12.6 Å². The molecule has 34 heavy (non-hydrogen) atoms. The van der Waals surface area contributed by atoms with Gasteiger partial charge in [-0.1, -0.05) is 32.0 Å². The molecule has 10 nitrogen and oxygen atoms in total. The zero-order valence-electron chi connectivity index (χ0n) is 19.3. The van der Waals surface area contributed by atoms with Crippen LogP contribution in [0.25, 0.3) is 10.9 Å². The molecule has 2 aromatic rings. The smallest absolute Gasteiger partial charge is 0.242 e. The van der Waals surface area contributed by atoms with E-state index < -0.39 is 57.0 Å². The van der Waals surface area contributed by atoms with Gasteiger partial charge in [-0.25, -0.2) is 8.42 Å². The second-order valence-corrected chi connectivity index (χ2v) is 10.7. The lowest BCUT2D eigenvalue weighted by Crippen LogP contribution is -2.49. The van der Waals surface area contributed by atoms with E-state index in [0.29, 0.717) is 6.42 Å². The number of benzene rings is 1. The fraction of sp³-hybridized carbons (Fsp3) is 0.455. The molecular weight excluding hydrogens is 480 g/mol. The van der Waals surface area contributed by atoms with Crippen molar-refractivity contribution in [3.63, 3.8) is 0 Å². The number of hydrogen-bond acceptors (Lipinski definition) is 6. The first-order valence-corrected chi connectivity index (χ1v) is 12.8. The van der Waals surface area contributed by atoms with Gasteiger partial charge in [-0.15, -0.1) is 12.6 Å². The Bertz CT molecular complexity index is 1160. The maximum absolute atomic E-state index is 13.1. The van der Waals surface area contributed by atoms with E-state index in [4.69, 9.17) is 0 Å². The number of rotatable bonds is 12. The molecule has 4 N–H and O–H groups in total. The van der Waals surface area contributed by atoms with Crippen LogP contribution in [0.3, 0.4) is 0 Å². The number of para-hydroxylation sites is 1. The predicted octanol–water partition coefficient (Wildman–Crippen LogP) is 0.896. The zero-order chi connectivity index (χ0) is 25.5. The van der Waals surface area contributed by atoms with Crippen LogP contribution in [0.4, 0.5) is 0 Å². The van der Waals surface area contributed by atoms with Crippen LogP contribution in [0.1, 0.15) is 32.3 Å². The molecule has 0 fully saturated rings. The quantitative estimate of drug-likeness (QED) is 0.267. The average Bonchev–Trinajstić information content (AvgIpc) is 3.13. The van der Waals surface area contributed by atoms with Gasteiger partial charge in [0.1, 0.15) is 11.8 Å². The molecule has 2 unspecified atom stereocenters. The van der Waals surface area contributed by atoms with Crippen molar-refractivity contribution in [3.8, 4) is 0 Å². The average molecular weight is 511 g/mol. The van der Waals surface area contributed by atoms with Crippen LogP contribution < -0.4 is 15.4 Å². The van der Waals surface area contributed by atoms with Gasteiger partial charge in [-0.3, -0.25) is 23.9 Å². The summed E-state index contributed by atoms with van der Waals surface area (Å²) in [5, 5.41) is 5.26. The number of likely N-dealkylation sites (N-methyl/N-ethyl adjacent to an activating group) is 1. The number of H-pyrrole nitrogens is 1. The number of nitrogens with one attached hydrogen (secondary N) is 4. The van der Waals surface area contributed by atoms with Crippen LogP contribution in [0.15, 0.2) is 30.5 Å². The highest BCUT2D eigenvalue weighted by Crippen LogP contribution is 2.20. The highest BCUT2D eigenvalue weighted by atomic mass is 32.2. The van der Waals surface area contributed by atoms with Gasteiger partial charge in [0, 0.05) is 42.9 Å². The first-order chi connectivity index (χ1) is 15.9. The maximum Gasteiger partial charge on any atom is 0.242 e. The summed E-state index contributed by atoms with van der Waals surface area (Å²) in [6, 6.07) is 6.67. The Hall–Kier alpha value is -2.86. The van der Waals surface area contributed by atoms with E-state index in [1.54, 1.807) is 10.9 Å². The summed E-state index contributed by atoms with van der Waals surface area (Å²) in [5.74, 6) is -3.67. The molecule has 12 heteroatoms. The number of fused-ring (bicyclic) bond motifs is 1. The van der Waals surface area contributed by atoms with E-state index in [1.807, 2.05) is 38.1 Å². The molecule has 1 aromatic carbocycles. The van der Waals surface area contributed by atoms with E-state index in [1.165, 1.54) is 7.05 Å². The number of sulfonamides is 1. The van der Waals surface area contributed by atoms with Crippen molar-refractivity contribution in [2.75, 3.05) is 12.8 Å². The Balaban J connectivity index is 2.17. The van der Waals surface area contributed by atoms with Crippen LogP contribution in [-0.4, -0.2) is 55.1 Å². The Labute approximate surface area is 204 Å². The summed E-state index contributed by atoms with van der Waals surface area (Å²) >= 11 is 3.41. The Morgan fingerprint density at radius 1 is 1.09 bits per heavy atom. The van der Waals surface area contributed by atoms with Gasteiger partial charge < -0.3 is 15.6 Å². The molecule has 0 bridgehead atoms. The topological polar surface area (TPSA) is 154 Å². The third kappa shape index (κ3) is 8.17. The highest BCUT2D eigenvalue weighted by Gasteiger charge is 2.29. The first kappa shape index (κ1) is 27.4.